The minimum atomic E-state index is -0.0944. The van der Waals surface area contributed by atoms with Crippen molar-refractivity contribution in [2.45, 2.75) is 25.3 Å². The predicted octanol–water partition coefficient (Wildman–Crippen LogP) is 3.23. The van der Waals surface area contributed by atoms with Crippen molar-refractivity contribution in [3.05, 3.63) is 59.5 Å². The summed E-state index contributed by atoms with van der Waals surface area (Å²) in [5.41, 5.74) is 5.23. The van der Waals surface area contributed by atoms with E-state index in [-0.39, 0.29) is 5.91 Å². The Morgan fingerprint density at radius 3 is 2.80 bits per heavy atom. The molecule has 1 atom stereocenters. The van der Waals surface area contributed by atoms with Crippen molar-refractivity contribution in [1.29, 1.82) is 0 Å². The zero-order chi connectivity index (χ0) is 17.4. The lowest BCUT2D eigenvalue weighted by molar-refractivity contribution is 0.102. The van der Waals surface area contributed by atoms with E-state index in [1.165, 1.54) is 23.1 Å². The van der Waals surface area contributed by atoms with Gasteiger partial charge < -0.3 is 15.2 Å². The number of H-pyrrole nitrogens is 1. The number of pyridine rings is 1. The average molecular weight is 334 g/mol. The van der Waals surface area contributed by atoms with Gasteiger partial charge in [0.1, 0.15) is 0 Å². The van der Waals surface area contributed by atoms with E-state index in [1.807, 2.05) is 18.2 Å². The summed E-state index contributed by atoms with van der Waals surface area (Å²) in [4.78, 5) is 22.4. The number of anilines is 1. The molecule has 4 rings (SSSR count). The molecule has 128 valence electrons. The van der Waals surface area contributed by atoms with Gasteiger partial charge in [0.05, 0.1) is 0 Å². The number of rotatable bonds is 3. The summed E-state index contributed by atoms with van der Waals surface area (Å²) < 4.78 is 0. The summed E-state index contributed by atoms with van der Waals surface area (Å²) in [6.07, 6.45) is 6.59. The van der Waals surface area contributed by atoms with Gasteiger partial charge in [-0.3, -0.25) is 9.78 Å². The van der Waals surface area contributed by atoms with Crippen LogP contribution in [0.2, 0.25) is 0 Å². The molecule has 2 N–H and O–H groups in total. The number of fused-ring (bicyclic) bond motifs is 3. The Balaban J connectivity index is 1.66. The molecular weight excluding hydrogens is 312 g/mol. The van der Waals surface area contributed by atoms with Crippen LogP contribution in [0, 0.1) is 0 Å². The number of hydrogen-bond acceptors (Lipinski definition) is 3. The lowest BCUT2D eigenvalue weighted by Gasteiger charge is -2.28. The maximum absolute atomic E-state index is 12.6. The van der Waals surface area contributed by atoms with Crippen molar-refractivity contribution in [3.8, 4) is 0 Å². The first-order chi connectivity index (χ1) is 12.1. The molecule has 1 aromatic carbocycles. The van der Waals surface area contributed by atoms with Gasteiger partial charge in [-0.15, -0.1) is 0 Å². The number of amides is 1. The number of likely N-dealkylation sites (N-methyl/N-ethyl adjacent to an activating group) is 1. The van der Waals surface area contributed by atoms with E-state index in [0.717, 1.165) is 24.0 Å². The third-order valence-corrected chi connectivity index (χ3v) is 5.09. The average Bonchev–Trinajstić information content (AvgIpc) is 2.99. The summed E-state index contributed by atoms with van der Waals surface area (Å²) in [6.45, 7) is 0. The Labute approximate surface area is 147 Å². The van der Waals surface area contributed by atoms with Gasteiger partial charge in [-0.2, -0.15) is 0 Å². The first-order valence-electron chi connectivity index (χ1n) is 8.63. The molecule has 1 aliphatic carbocycles. The normalized spacial score (nSPS) is 16.8. The first-order valence-corrected chi connectivity index (χ1v) is 8.63. The predicted molar refractivity (Wildman–Crippen MR) is 100.0 cm³/mol. The first kappa shape index (κ1) is 15.8. The topological polar surface area (TPSA) is 61.0 Å². The fourth-order valence-electron chi connectivity index (χ4n) is 3.62. The maximum atomic E-state index is 12.6. The molecule has 0 saturated heterocycles. The van der Waals surface area contributed by atoms with Crippen molar-refractivity contribution in [1.82, 2.24) is 14.9 Å². The summed E-state index contributed by atoms with van der Waals surface area (Å²) in [5.74, 6) is -0.0944. The lowest BCUT2D eigenvalue weighted by Crippen LogP contribution is -2.33. The van der Waals surface area contributed by atoms with Crippen molar-refractivity contribution < 1.29 is 4.79 Å². The van der Waals surface area contributed by atoms with E-state index in [0.29, 0.717) is 11.6 Å². The lowest BCUT2D eigenvalue weighted by atomic mass is 9.90. The quantitative estimate of drug-likeness (QED) is 0.773. The van der Waals surface area contributed by atoms with Crippen LogP contribution in [0.4, 0.5) is 5.69 Å². The van der Waals surface area contributed by atoms with Gasteiger partial charge in [0.25, 0.3) is 5.91 Å². The van der Waals surface area contributed by atoms with E-state index < -0.39 is 0 Å². The van der Waals surface area contributed by atoms with E-state index >= 15 is 0 Å². The second kappa shape index (κ2) is 6.33. The highest BCUT2D eigenvalue weighted by Gasteiger charge is 2.24. The number of benzene rings is 1. The molecule has 2 aromatic heterocycles. The van der Waals surface area contributed by atoms with Crippen molar-refractivity contribution in [2.24, 2.45) is 0 Å². The van der Waals surface area contributed by atoms with Crippen LogP contribution in [0.5, 0.6) is 0 Å². The molecule has 0 bridgehead atoms. The Hall–Kier alpha value is -2.66. The fraction of sp³-hybridized carbons (Fsp3) is 0.300. The van der Waals surface area contributed by atoms with Gasteiger partial charge in [0, 0.05) is 46.3 Å². The second-order valence-electron chi connectivity index (χ2n) is 6.89. The summed E-state index contributed by atoms with van der Waals surface area (Å²) in [5, 5.41) is 4.10. The molecule has 0 spiro atoms. The molecule has 2 heterocycles. The van der Waals surface area contributed by atoms with Gasteiger partial charge in [-0.05, 0) is 69.3 Å². The van der Waals surface area contributed by atoms with Gasteiger partial charge in [0.15, 0.2) is 0 Å². The number of aromatic nitrogens is 2. The number of aryl methyl sites for hydroxylation is 1. The highest BCUT2D eigenvalue weighted by atomic mass is 16.1. The summed E-state index contributed by atoms with van der Waals surface area (Å²) in [7, 11) is 4.27. The van der Waals surface area contributed by atoms with Gasteiger partial charge >= 0.3 is 0 Å². The molecule has 0 radical (unpaired) electrons. The molecule has 0 aliphatic heterocycles. The molecule has 5 nitrogen and oxygen atoms in total. The smallest absolute Gasteiger partial charge is 0.255 e. The molecule has 1 aliphatic rings. The molecule has 3 aromatic rings. The van der Waals surface area contributed by atoms with Crippen LogP contribution >= 0.6 is 0 Å². The maximum Gasteiger partial charge on any atom is 0.255 e. The summed E-state index contributed by atoms with van der Waals surface area (Å²) >= 11 is 0. The largest absolute Gasteiger partial charge is 0.358 e. The van der Waals surface area contributed by atoms with E-state index in [1.54, 1.807) is 24.5 Å². The van der Waals surface area contributed by atoms with Crippen molar-refractivity contribution in [3.63, 3.8) is 0 Å². The monoisotopic (exact) mass is 334 g/mol. The van der Waals surface area contributed by atoms with E-state index in [4.69, 9.17) is 0 Å². The van der Waals surface area contributed by atoms with Crippen LogP contribution in [-0.2, 0) is 12.8 Å². The Morgan fingerprint density at radius 1 is 1.24 bits per heavy atom. The number of carbonyl (C=O) groups excluding carboxylic acids is 1. The highest BCUT2D eigenvalue weighted by Crippen LogP contribution is 2.31. The zero-order valence-electron chi connectivity index (χ0n) is 14.5. The molecule has 5 heteroatoms. The minimum absolute atomic E-state index is 0.0944. The van der Waals surface area contributed by atoms with E-state index in [2.05, 4.69) is 34.3 Å². The number of nitrogens with one attached hydrogen (secondary N) is 2. The van der Waals surface area contributed by atoms with Gasteiger partial charge in [-0.1, -0.05) is 0 Å². The molecule has 25 heavy (non-hydrogen) atoms. The third kappa shape index (κ3) is 3.03. The number of hydrogen-bond donors (Lipinski definition) is 2. The standard InChI is InChI=1S/C20H22N4O/c1-24(2)15-4-6-19-17(12-15)16-11-13(3-5-18(16)23-19)20(25)22-14-7-9-21-10-8-14/h3,5,7-11,15,23H,4,6,12H2,1-2H3,(H,21,22,25). The van der Waals surface area contributed by atoms with Crippen molar-refractivity contribution in [2.75, 3.05) is 19.4 Å². The Kier molecular flexibility index (Phi) is 4.01. The van der Waals surface area contributed by atoms with Gasteiger partial charge in [-0.25, -0.2) is 0 Å². The number of carbonyl (C=O) groups is 1. The molecule has 1 unspecified atom stereocenters. The SMILES string of the molecule is CN(C)C1CCc2[nH]c3ccc(C(=O)Nc4ccncc4)cc3c2C1. The van der Waals surface area contributed by atoms with E-state index in [9.17, 15) is 4.79 Å². The molecular formula is C20H22N4O. The third-order valence-electron chi connectivity index (χ3n) is 5.09. The van der Waals surface area contributed by atoms with Crippen LogP contribution in [0.15, 0.2) is 42.7 Å². The molecule has 0 saturated carbocycles. The second-order valence-corrected chi connectivity index (χ2v) is 6.89. The fourth-order valence-corrected chi connectivity index (χ4v) is 3.62. The van der Waals surface area contributed by atoms with Gasteiger partial charge in [0.2, 0.25) is 0 Å². The van der Waals surface area contributed by atoms with Crippen LogP contribution in [0.25, 0.3) is 10.9 Å². The Morgan fingerprint density at radius 2 is 2.04 bits per heavy atom. The van der Waals surface area contributed by atoms with Crippen molar-refractivity contribution >= 4 is 22.5 Å². The van der Waals surface area contributed by atoms with Crippen LogP contribution in [-0.4, -0.2) is 40.9 Å². The minimum Gasteiger partial charge on any atom is -0.358 e. The van der Waals surface area contributed by atoms with Crippen LogP contribution < -0.4 is 5.32 Å². The molecule has 1 amide bonds. The number of aromatic amines is 1. The Bertz CT molecular complexity index is 914. The number of nitrogens with zero attached hydrogens (tertiary/aromatic N) is 2. The molecule has 0 fully saturated rings. The zero-order valence-corrected chi connectivity index (χ0v) is 14.5. The highest BCUT2D eigenvalue weighted by molar-refractivity contribution is 6.06. The van der Waals surface area contributed by atoms with Crippen LogP contribution in [0.3, 0.4) is 0 Å². The summed E-state index contributed by atoms with van der Waals surface area (Å²) in [6, 6.07) is 10.0. The van der Waals surface area contributed by atoms with Crippen LogP contribution in [0.1, 0.15) is 28.0 Å².